The fraction of sp³-hybridized carbons (Fsp3) is 0.486. The molecule has 5 aliphatic heterocycles. The second kappa shape index (κ2) is 15.0. The number of aromatic hydroxyl groups is 2. The first-order chi connectivity index (χ1) is 26.3. The van der Waals surface area contributed by atoms with Crippen LogP contribution in [0.3, 0.4) is 0 Å². The Hall–Kier alpha value is -5.28. The van der Waals surface area contributed by atoms with Crippen molar-refractivity contribution in [3.05, 3.63) is 50.9 Å². The van der Waals surface area contributed by atoms with Crippen molar-refractivity contribution in [1.82, 2.24) is 20.5 Å². The predicted octanol–water partition coefficient (Wildman–Crippen LogP) is 1.71. The SMILES string of the molecule is Cc1nc(/C(=N/OC(C)(C)C(=O)O)C(=O)N[C@@H]2C(=O)N3C(C(=O)O)=C(C[N+]45CCC(CNC(=O)/C(=N\O)c6cc(O)c(O)c(F)c6)(CC4)CC5)[C@H](C)S[C@H]23)cs1. The summed E-state index contributed by atoms with van der Waals surface area (Å²) in [5, 5.41) is 62.0. The van der Waals surface area contributed by atoms with Crippen LogP contribution >= 0.6 is 23.1 Å². The molecule has 4 fully saturated rings. The van der Waals surface area contributed by atoms with Crippen molar-refractivity contribution in [3.63, 3.8) is 0 Å². The molecule has 56 heavy (non-hydrogen) atoms. The Morgan fingerprint density at radius 3 is 2.32 bits per heavy atom. The fourth-order valence-electron chi connectivity index (χ4n) is 7.45. The molecular weight excluding hydrogens is 778 g/mol. The number of fused-ring (bicyclic) bond motifs is 4. The Labute approximate surface area is 327 Å². The van der Waals surface area contributed by atoms with Gasteiger partial charge in [-0.15, -0.1) is 23.1 Å². The molecule has 6 heterocycles. The Morgan fingerprint density at radius 1 is 1.11 bits per heavy atom. The van der Waals surface area contributed by atoms with Crippen LogP contribution in [0, 0.1) is 18.2 Å². The Kier molecular flexibility index (Phi) is 10.8. The number of carbonyl (C=O) groups excluding carboxylic acids is 3. The lowest BCUT2D eigenvalue weighted by Gasteiger charge is -2.56. The number of carboxylic acid groups (broad SMARTS) is 2. The lowest BCUT2D eigenvalue weighted by atomic mass is 9.70. The minimum Gasteiger partial charge on any atom is -0.504 e. The maximum Gasteiger partial charge on any atom is 0.352 e. The number of hydrogen-bond donors (Lipinski definition) is 7. The van der Waals surface area contributed by atoms with Crippen LogP contribution in [-0.4, -0.2) is 136 Å². The number of carbonyl (C=O) groups is 5. The normalized spacial score (nSPS) is 26.3. The van der Waals surface area contributed by atoms with Crippen LogP contribution in [-0.2, 0) is 28.8 Å². The average molecular weight is 819 g/mol. The number of hydrogen-bond acceptors (Lipinski definition) is 14. The number of halogens is 1. The highest BCUT2D eigenvalue weighted by Crippen LogP contribution is 2.48. The Balaban J connectivity index is 1.12. The summed E-state index contributed by atoms with van der Waals surface area (Å²) in [6.07, 6.45) is 2.04. The van der Waals surface area contributed by atoms with Crippen molar-refractivity contribution in [3.8, 4) is 11.5 Å². The molecule has 0 saturated carbocycles. The van der Waals surface area contributed by atoms with Gasteiger partial charge in [0.15, 0.2) is 28.7 Å². The summed E-state index contributed by atoms with van der Waals surface area (Å²) in [6, 6.07) is 0.574. The second-order valence-corrected chi connectivity index (χ2v) is 17.5. The van der Waals surface area contributed by atoms with Gasteiger partial charge in [0.05, 0.1) is 24.6 Å². The minimum absolute atomic E-state index is 0.118. The van der Waals surface area contributed by atoms with Crippen molar-refractivity contribution in [2.24, 2.45) is 15.7 Å². The topological polar surface area (TPSA) is 261 Å². The van der Waals surface area contributed by atoms with Crippen LogP contribution < -0.4 is 10.6 Å². The molecule has 300 valence electrons. The van der Waals surface area contributed by atoms with Crippen molar-refractivity contribution in [2.75, 3.05) is 32.7 Å². The van der Waals surface area contributed by atoms with Crippen molar-refractivity contribution in [1.29, 1.82) is 0 Å². The van der Waals surface area contributed by atoms with E-state index >= 15 is 0 Å². The number of nitrogens with one attached hydrogen (secondary N) is 2. The van der Waals surface area contributed by atoms with Gasteiger partial charge in [0.25, 0.3) is 17.7 Å². The first kappa shape index (κ1) is 40.4. The summed E-state index contributed by atoms with van der Waals surface area (Å²) < 4.78 is 14.6. The first-order valence-electron chi connectivity index (χ1n) is 17.6. The summed E-state index contributed by atoms with van der Waals surface area (Å²) in [5.41, 5.74) is -2.59. The molecule has 0 radical (unpaired) electrons. The zero-order chi connectivity index (χ0) is 40.9. The molecule has 2 aromatic rings. The number of rotatable bonds is 13. The van der Waals surface area contributed by atoms with Crippen LogP contribution in [0.5, 0.6) is 11.5 Å². The van der Waals surface area contributed by atoms with Gasteiger partial charge in [-0.3, -0.25) is 19.3 Å². The van der Waals surface area contributed by atoms with E-state index in [9.17, 15) is 54.0 Å². The number of aliphatic carboxylic acids is 2. The third-order valence-corrected chi connectivity index (χ3v) is 13.2. The van der Waals surface area contributed by atoms with Crippen LogP contribution in [0.25, 0.3) is 0 Å². The smallest absolute Gasteiger partial charge is 0.352 e. The summed E-state index contributed by atoms with van der Waals surface area (Å²) in [4.78, 5) is 75.2. The lowest BCUT2D eigenvalue weighted by Crippen LogP contribution is -2.72. The zero-order valence-electron chi connectivity index (χ0n) is 30.7. The van der Waals surface area contributed by atoms with E-state index in [2.05, 4.69) is 25.9 Å². The quantitative estimate of drug-likeness (QED) is 0.0380. The molecule has 5 aliphatic rings. The summed E-state index contributed by atoms with van der Waals surface area (Å²) >= 11 is 2.57. The molecule has 2 bridgehead atoms. The zero-order valence-corrected chi connectivity index (χ0v) is 32.4. The molecule has 1 aromatic carbocycles. The number of carboxylic acids is 2. The van der Waals surface area contributed by atoms with Gasteiger partial charge in [-0.05, 0) is 39.8 Å². The highest BCUT2D eigenvalue weighted by molar-refractivity contribution is 8.00. The van der Waals surface area contributed by atoms with E-state index in [4.69, 9.17) is 4.84 Å². The van der Waals surface area contributed by atoms with Crippen LogP contribution in [0.15, 0.2) is 39.1 Å². The Morgan fingerprint density at radius 2 is 1.77 bits per heavy atom. The molecule has 21 heteroatoms. The molecule has 3 atom stereocenters. The van der Waals surface area contributed by atoms with Gasteiger partial charge in [0.1, 0.15) is 29.4 Å². The maximum absolute atomic E-state index is 14.0. The number of nitrogens with zero attached hydrogens (tertiary/aromatic N) is 5. The monoisotopic (exact) mass is 818 g/mol. The number of piperidine rings is 3. The standard InChI is InChI=1S/C35H40FN7O11S2/c1-16-19(13-43-8-5-35(6-9-43,7-10-43)15-37-28(46)23(40-53)18-11-20(36)27(45)22(44)12-18)26(32(49)50)42-30(48)25(31(42)56-16)39-29(47)24(21-14-55-17(2)38-21)41-54-34(3,4)33(51)52/h11-12,14,16,25,31H,5-10,13,15H2,1-4H3,(H6-,37,39,40,41,44,45,46,47,49,50,51,52,53)/p+1/t16-,25+,31+,35?,43?/m0/s1. The summed E-state index contributed by atoms with van der Waals surface area (Å²) in [7, 11) is 0. The van der Waals surface area contributed by atoms with E-state index in [0.717, 1.165) is 12.1 Å². The minimum atomic E-state index is -1.78. The van der Waals surface area contributed by atoms with Gasteiger partial charge in [-0.1, -0.05) is 10.3 Å². The van der Waals surface area contributed by atoms with E-state index in [1.807, 2.05) is 6.92 Å². The number of benzene rings is 1. The van der Waals surface area contributed by atoms with Gasteiger partial charge >= 0.3 is 11.9 Å². The molecule has 7 N–H and O–H groups in total. The molecule has 0 aliphatic carbocycles. The molecule has 4 saturated heterocycles. The van der Waals surface area contributed by atoms with E-state index in [1.54, 1.807) is 12.3 Å². The predicted molar refractivity (Wildman–Crippen MR) is 198 cm³/mol. The maximum atomic E-state index is 14.0. The molecule has 0 unspecified atom stereocenters. The average Bonchev–Trinajstić information content (AvgIpc) is 3.58. The largest absolute Gasteiger partial charge is 0.504 e. The van der Waals surface area contributed by atoms with Crippen molar-refractivity contribution in [2.45, 2.75) is 69.2 Å². The third kappa shape index (κ3) is 7.49. The second-order valence-electron chi connectivity index (χ2n) is 15.0. The number of β-lactam (4-membered cyclic amide) rings is 1. The fourth-order valence-corrected chi connectivity index (χ4v) is 9.48. The number of quaternary nitrogens is 1. The van der Waals surface area contributed by atoms with E-state index in [1.165, 1.54) is 41.8 Å². The molecule has 1 aromatic heterocycles. The summed E-state index contributed by atoms with van der Waals surface area (Å²) in [5.74, 6) is -7.87. The number of thiazole rings is 1. The van der Waals surface area contributed by atoms with Gasteiger partial charge in [0, 0.05) is 53.0 Å². The van der Waals surface area contributed by atoms with Gasteiger partial charge in [-0.25, -0.2) is 19.0 Å². The van der Waals surface area contributed by atoms with E-state index < -0.39 is 69.7 Å². The number of amides is 3. The van der Waals surface area contributed by atoms with Crippen LogP contribution in [0.4, 0.5) is 4.39 Å². The molecule has 18 nitrogen and oxygen atoms in total. The highest BCUT2D eigenvalue weighted by Gasteiger charge is 2.58. The number of aryl methyl sites for hydroxylation is 1. The molecular formula is C35H41FN7O11S2+. The van der Waals surface area contributed by atoms with E-state index in [0.29, 0.717) is 60.5 Å². The third-order valence-electron chi connectivity index (χ3n) is 11.0. The number of phenolic OH excluding ortho intramolecular Hbond substituents is 2. The van der Waals surface area contributed by atoms with Gasteiger partial charge < -0.3 is 45.6 Å². The van der Waals surface area contributed by atoms with E-state index in [-0.39, 0.29) is 39.9 Å². The number of oxime groups is 2. The molecule has 7 rings (SSSR count). The van der Waals surface area contributed by atoms with Crippen molar-refractivity contribution >= 4 is 64.2 Å². The summed E-state index contributed by atoms with van der Waals surface area (Å²) in [6.45, 7) is 8.67. The van der Waals surface area contributed by atoms with Crippen LogP contribution in [0.2, 0.25) is 0 Å². The molecule has 0 spiro atoms. The van der Waals surface area contributed by atoms with Crippen molar-refractivity contribution < 1.29 is 63.3 Å². The number of aromatic nitrogens is 1. The van der Waals surface area contributed by atoms with Gasteiger partial charge in [0.2, 0.25) is 5.60 Å². The highest BCUT2D eigenvalue weighted by atomic mass is 32.2. The molecule has 3 amide bonds. The van der Waals surface area contributed by atoms with Gasteiger partial charge in [-0.2, -0.15) is 0 Å². The van der Waals surface area contributed by atoms with Crippen LogP contribution in [0.1, 0.15) is 56.3 Å². The number of phenols is 2. The first-order valence-corrected chi connectivity index (χ1v) is 19.4. The lowest BCUT2D eigenvalue weighted by molar-refractivity contribution is -0.941. The Bertz CT molecular complexity index is 2050. The number of thioether (sulfide) groups is 1.